The van der Waals surface area contributed by atoms with E-state index in [1.807, 2.05) is 17.8 Å². The second kappa shape index (κ2) is 5.95. The Balaban J connectivity index is 1.96. The molecule has 0 aliphatic carbocycles. The lowest BCUT2D eigenvalue weighted by Gasteiger charge is -2.02. The molecule has 5 heteroatoms. The molecule has 0 atom stereocenters. The Labute approximate surface area is 128 Å². The number of hydrogen-bond acceptors (Lipinski definition) is 4. The first-order valence-corrected chi connectivity index (χ1v) is 8.08. The summed E-state index contributed by atoms with van der Waals surface area (Å²) in [7, 11) is 1.99. The Morgan fingerprint density at radius 1 is 1.24 bits per heavy atom. The van der Waals surface area contributed by atoms with Crippen molar-refractivity contribution in [2.45, 2.75) is 26.7 Å². The van der Waals surface area contributed by atoms with Crippen molar-refractivity contribution < 1.29 is 0 Å². The third-order valence-corrected chi connectivity index (χ3v) is 4.77. The number of benzene rings is 1. The van der Waals surface area contributed by atoms with Gasteiger partial charge in [-0.2, -0.15) is 5.10 Å². The molecule has 2 heterocycles. The van der Waals surface area contributed by atoms with Crippen LogP contribution >= 0.6 is 11.3 Å². The van der Waals surface area contributed by atoms with Gasteiger partial charge in [0.15, 0.2) is 0 Å². The maximum Gasteiger partial charge on any atom is 0.211 e. The van der Waals surface area contributed by atoms with E-state index in [4.69, 9.17) is 10.1 Å². The third kappa shape index (κ3) is 2.71. The predicted molar refractivity (Wildman–Crippen MR) is 88.5 cm³/mol. The summed E-state index contributed by atoms with van der Waals surface area (Å²) in [5.74, 6) is 0. The van der Waals surface area contributed by atoms with Gasteiger partial charge in [0.25, 0.3) is 0 Å². The highest BCUT2D eigenvalue weighted by molar-refractivity contribution is 7.20. The Morgan fingerprint density at radius 3 is 2.81 bits per heavy atom. The topological polar surface area (TPSA) is 42.7 Å². The molecule has 3 aromatic rings. The van der Waals surface area contributed by atoms with Crippen LogP contribution in [0.2, 0.25) is 0 Å². The third-order valence-electron chi connectivity index (χ3n) is 3.76. The lowest BCUT2D eigenvalue weighted by molar-refractivity contribution is 0.720. The van der Waals surface area contributed by atoms with Crippen LogP contribution in [0.1, 0.15) is 23.4 Å². The number of rotatable bonds is 5. The van der Waals surface area contributed by atoms with Crippen LogP contribution in [0.3, 0.4) is 0 Å². The zero-order chi connectivity index (χ0) is 14.8. The van der Waals surface area contributed by atoms with Crippen molar-refractivity contribution in [1.82, 2.24) is 20.1 Å². The molecule has 0 aliphatic heterocycles. The molecule has 0 radical (unpaired) electrons. The van der Waals surface area contributed by atoms with E-state index < -0.39 is 0 Å². The predicted octanol–water partition coefficient (Wildman–Crippen LogP) is 3.25. The van der Waals surface area contributed by atoms with Crippen LogP contribution in [0.25, 0.3) is 15.3 Å². The van der Waals surface area contributed by atoms with E-state index in [0.29, 0.717) is 0 Å². The van der Waals surface area contributed by atoms with Crippen molar-refractivity contribution >= 4 is 21.6 Å². The van der Waals surface area contributed by atoms with Gasteiger partial charge >= 0.3 is 0 Å². The Morgan fingerprint density at radius 2 is 2.05 bits per heavy atom. The summed E-state index contributed by atoms with van der Waals surface area (Å²) in [4.78, 5) is 4.70. The van der Waals surface area contributed by atoms with Crippen LogP contribution in [0.4, 0.5) is 0 Å². The second-order valence-electron chi connectivity index (χ2n) is 5.23. The first kappa shape index (κ1) is 14.2. The number of thiazole rings is 1. The molecule has 110 valence electrons. The number of nitrogens with zero attached hydrogens (tertiary/aromatic N) is 3. The van der Waals surface area contributed by atoms with Gasteiger partial charge < -0.3 is 5.32 Å². The Bertz CT molecular complexity index is 724. The lowest BCUT2D eigenvalue weighted by atomic mass is 10.1. The standard InChI is InChI=1S/C16H20N4S/c1-11-13(7-6-10-17-3)12(2)20(19-11)16-18-14-8-4-5-9-15(14)21-16/h4-5,8-9,17H,6-7,10H2,1-3H3. The summed E-state index contributed by atoms with van der Waals surface area (Å²) in [5, 5.41) is 8.85. The first-order chi connectivity index (χ1) is 10.2. The Hall–Kier alpha value is -1.72. The number of hydrogen-bond donors (Lipinski definition) is 1. The fourth-order valence-electron chi connectivity index (χ4n) is 2.62. The van der Waals surface area contributed by atoms with Crippen LogP contribution in [-0.2, 0) is 6.42 Å². The zero-order valence-corrected chi connectivity index (χ0v) is 13.5. The first-order valence-electron chi connectivity index (χ1n) is 7.26. The van der Waals surface area contributed by atoms with Gasteiger partial charge in [-0.3, -0.25) is 0 Å². The van der Waals surface area contributed by atoms with Crippen LogP contribution in [0.5, 0.6) is 0 Å². The van der Waals surface area contributed by atoms with Crippen molar-refractivity contribution in [2.24, 2.45) is 0 Å². The van der Waals surface area contributed by atoms with Crippen LogP contribution in [0, 0.1) is 13.8 Å². The molecular weight excluding hydrogens is 280 g/mol. The van der Waals surface area contributed by atoms with Crippen molar-refractivity contribution in [3.8, 4) is 5.13 Å². The van der Waals surface area contributed by atoms with Gasteiger partial charge in [0, 0.05) is 5.69 Å². The molecule has 3 rings (SSSR count). The van der Waals surface area contributed by atoms with E-state index in [0.717, 1.165) is 35.7 Å². The van der Waals surface area contributed by atoms with E-state index in [9.17, 15) is 0 Å². The Kier molecular flexibility index (Phi) is 4.03. The summed E-state index contributed by atoms with van der Waals surface area (Å²) in [6, 6.07) is 8.23. The molecule has 4 nitrogen and oxygen atoms in total. The molecule has 0 aliphatic rings. The molecule has 0 fully saturated rings. The SMILES string of the molecule is CNCCCc1c(C)nn(-c2nc3ccccc3s2)c1C. The van der Waals surface area contributed by atoms with Gasteiger partial charge in [0.1, 0.15) is 0 Å². The maximum absolute atomic E-state index is 4.70. The van der Waals surface area contributed by atoms with E-state index in [1.165, 1.54) is 16.0 Å². The number of para-hydroxylation sites is 1. The summed E-state index contributed by atoms with van der Waals surface area (Å²) >= 11 is 1.69. The average Bonchev–Trinajstić information content (AvgIpc) is 3.02. The molecule has 0 unspecified atom stereocenters. The fourth-order valence-corrected chi connectivity index (χ4v) is 3.59. The highest BCUT2D eigenvalue weighted by atomic mass is 32.1. The van der Waals surface area contributed by atoms with Gasteiger partial charge in [-0.25, -0.2) is 9.67 Å². The molecule has 0 spiro atoms. The largest absolute Gasteiger partial charge is 0.320 e. The molecule has 1 aromatic carbocycles. The van der Waals surface area contributed by atoms with Crippen molar-refractivity contribution in [3.63, 3.8) is 0 Å². The minimum Gasteiger partial charge on any atom is -0.320 e. The van der Waals surface area contributed by atoms with Crippen LogP contribution in [0.15, 0.2) is 24.3 Å². The van der Waals surface area contributed by atoms with Gasteiger partial charge in [-0.15, -0.1) is 0 Å². The molecule has 1 N–H and O–H groups in total. The number of fused-ring (bicyclic) bond motifs is 1. The van der Waals surface area contributed by atoms with E-state index in [-0.39, 0.29) is 0 Å². The summed E-state index contributed by atoms with van der Waals surface area (Å²) in [6.07, 6.45) is 2.19. The molecule has 21 heavy (non-hydrogen) atoms. The second-order valence-corrected chi connectivity index (χ2v) is 6.24. The monoisotopic (exact) mass is 300 g/mol. The average molecular weight is 300 g/mol. The van der Waals surface area contributed by atoms with Crippen molar-refractivity contribution in [1.29, 1.82) is 0 Å². The molecule has 0 saturated carbocycles. The summed E-state index contributed by atoms with van der Waals surface area (Å²) in [5.41, 5.74) is 4.72. The molecule has 2 aromatic heterocycles. The molecule has 0 bridgehead atoms. The van der Waals surface area contributed by atoms with Crippen molar-refractivity contribution in [3.05, 3.63) is 41.2 Å². The van der Waals surface area contributed by atoms with E-state index >= 15 is 0 Å². The summed E-state index contributed by atoms with van der Waals surface area (Å²) < 4.78 is 3.20. The van der Waals surface area contributed by atoms with Crippen molar-refractivity contribution in [2.75, 3.05) is 13.6 Å². The molecule has 0 amide bonds. The van der Waals surface area contributed by atoms with Gasteiger partial charge in [0.05, 0.1) is 15.9 Å². The lowest BCUT2D eigenvalue weighted by Crippen LogP contribution is -2.08. The van der Waals surface area contributed by atoms with Gasteiger partial charge in [-0.1, -0.05) is 23.5 Å². The number of aromatic nitrogens is 3. The van der Waals surface area contributed by atoms with Gasteiger partial charge in [0.2, 0.25) is 5.13 Å². The normalized spacial score (nSPS) is 11.4. The minimum absolute atomic E-state index is 0.955. The van der Waals surface area contributed by atoms with Gasteiger partial charge in [-0.05, 0) is 58.0 Å². The molecular formula is C16H20N4S. The minimum atomic E-state index is 0.955. The molecule has 0 saturated heterocycles. The fraction of sp³-hybridized carbons (Fsp3) is 0.375. The van der Waals surface area contributed by atoms with E-state index in [1.54, 1.807) is 11.3 Å². The van der Waals surface area contributed by atoms with Crippen LogP contribution in [-0.4, -0.2) is 28.4 Å². The highest BCUT2D eigenvalue weighted by Gasteiger charge is 2.15. The number of nitrogens with one attached hydrogen (secondary N) is 1. The highest BCUT2D eigenvalue weighted by Crippen LogP contribution is 2.27. The smallest absolute Gasteiger partial charge is 0.211 e. The summed E-state index contributed by atoms with van der Waals surface area (Å²) in [6.45, 7) is 5.26. The van der Waals surface area contributed by atoms with E-state index in [2.05, 4.69) is 37.4 Å². The maximum atomic E-state index is 4.70. The zero-order valence-electron chi connectivity index (χ0n) is 12.7. The number of aryl methyl sites for hydroxylation is 1. The van der Waals surface area contributed by atoms with Crippen LogP contribution < -0.4 is 5.32 Å². The quantitative estimate of drug-likeness (QED) is 0.736.